The maximum Gasteiger partial charge on any atom is 0.255 e. The second-order valence-electron chi connectivity index (χ2n) is 4.85. The number of nitrogens with one attached hydrogen (secondary N) is 1. The fraction of sp³-hybridized carbons (Fsp3) is 0.200. The molecule has 1 aliphatic heterocycles. The van der Waals surface area contributed by atoms with E-state index in [4.69, 9.17) is 0 Å². The van der Waals surface area contributed by atoms with E-state index < -0.39 is 0 Å². The summed E-state index contributed by atoms with van der Waals surface area (Å²) >= 11 is 1.51. The number of fused-ring (bicyclic) bond motifs is 1. The van der Waals surface area contributed by atoms with Gasteiger partial charge >= 0.3 is 0 Å². The first kappa shape index (κ1) is 13.9. The number of aromatic amines is 1. The highest BCUT2D eigenvalue weighted by molar-refractivity contribution is 7.98. The number of carbonyl (C=O) groups excluding carboxylic acids is 1. The van der Waals surface area contributed by atoms with Crippen molar-refractivity contribution < 1.29 is 9.18 Å². The van der Waals surface area contributed by atoms with Crippen molar-refractivity contribution in [2.75, 3.05) is 13.3 Å². The molecule has 0 unspecified atom stereocenters. The van der Waals surface area contributed by atoms with Crippen LogP contribution in [0.3, 0.4) is 0 Å². The Balaban J connectivity index is 2.28. The lowest BCUT2D eigenvalue weighted by molar-refractivity contribution is 0.0813. The van der Waals surface area contributed by atoms with Crippen molar-refractivity contribution in [3.63, 3.8) is 0 Å². The molecule has 0 bridgehead atoms. The Morgan fingerprint density at radius 2 is 1.90 bits per heavy atom. The highest BCUT2D eigenvalue weighted by Gasteiger charge is 2.36. The van der Waals surface area contributed by atoms with Crippen molar-refractivity contribution in [3.8, 4) is 11.3 Å². The molecule has 1 aromatic heterocycles. The van der Waals surface area contributed by atoms with E-state index in [0.717, 1.165) is 5.56 Å². The van der Waals surface area contributed by atoms with Crippen LogP contribution < -0.4 is 5.56 Å². The third-order valence-corrected chi connectivity index (χ3v) is 4.59. The zero-order chi connectivity index (χ0) is 15.1. The second-order valence-corrected chi connectivity index (χ2v) is 5.76. The number of amides is 1. The third kappa shape index (κ3) is 2.15. The average Bonchev–Trinajstić information content (AvgIpc) is 2.71. The molecule has 21 heavy (non-hydrogen) atoms. The van der Waals surface area contributed by atoms with Gasteiger partial charge in [-0.25, -0.2) is 4.39 Å². The second kappa shape index (κ2) is 5.04. The number of aromatic nitrogens is 1. The molecule has 0 spiro atoms. The van der Waals surface area contributed by atoms with Crippen LogP contribution in [-0.4, -0.2) is 29.1 Å². The number of halogens is 1. The van der Waals surface area contributed by atoms with Gasteiger partial charge in [0.15, 0.2) is 0 Å². The fourth-order valence-electron chi connectivity index (χ4n) is 2.61. The van der Waals surface area contributed by atoms with Gasteiger partial charge in [-0.15, -0.1) is 11.8 Å². The van der Waals surface area contributed by atoms with Gasteiger partial charge in [0.05, 0.1) is 11.3 Å². The maximum atomic E-state index is 13.1. The smallest absolute Gasteiger partial charge is 0.255 e. The van der Waals surface area contributed by atoms with Gasteiger partial charge in [0.25, 0.3) is 5.91 Å². The first-order chi connectivity index (χ1) is 10.0. The Morgan fingerprint density at radius 1 is 1.24 bits per heavy atom. The summed E-state index contributed by atoms with van der Waals surface area (Å²) in [5.74, 6) is -0.512. The van der Waals surface area contributed by atoms with Crippen molar-refractivity contribution in [1.82, 2.24) is 9.88 Å². The minimum Gasteiger partial charge on any atom is -0.325 e. The van der Waals surface area contributed by atoms with E-state index in [0.29, 0.717) is 16.8 Å². The predicted octanol–water partition coefficient (Wildman–Crippen LogP) is 2.63. The average molecular weight is 304 g/mol. The zero-order valence-corrected chi connectivity index (χ0v) is 12.3. The minimum atomic E-state index is -0.344. The van der Waals surface area contributed by atoms with Crippen molar-refractivity contribution in [3.05, 3.63) is 57.6 Å². The molecule has 2 heterocycles. The highest BCUT2D eigenvalue weighted by Crippen LogP contribution is 2.42. The monoisotopic (exact) mass is 304 g/mol. The summed E-state index contributed by atoms with van der Waals surface area (Å²) in [5.41, 5.74) is 2.12. The topological polar surface area (TPSA) is 53.2 Å². The lowest BCUT2D eigenvalue weighted by Crippen LogP contribution is -2.21. The molecule has 0 aliphatic carbocycles. The van der Waals surface area contributed by atoms with Gasteiger partial charge in [0.2, 0.25) is 5.56 Å². The van der Waals surface area contributed by atoms with Crippen molar-refractivity contribution >= 4 is 17.7 Å². The highest BCUT2D eigenvalue weighted by atomic mass is 32.2. The molecule has 6 heteroatoms. The van der Waals surface area contributed by atoms with E-state index in [9.17, 15) is 14.0 Å². The van der Waals surface area contributed by atoms with Gasteiger partial charge in [-0.2, -0.15) is 0 Å². The van der Waals surface area contributed by atoms with Gasteiger partial charge in [0, 0.05) is 18.7 Å². The summed E-state index contributed by atoms with van der Waals surface area (Å²) in [5, 5.41) is -0.163. The Morgan fingerprint density at radius 3 is 2.52 bits per heavy atom. The summed E-state index contributed by atoms with van der Waals surface area (Å²) in [6.07, 6.45) is 1.91. The van der Waals surface area contributed by atoms with E-state index in [2.05, 4.69) is 4.98 Å². The number of H-pyrrole nitrogens is 1. The fourth-order valence-corrected chi connectivity index (χ4v) is 3.51. The molecule has 108 valence electrons. The number of rotatable bonds is 2. The maximum absolute atomic E-state index is 13.1. The first-order valence-corrected chi connectivity index (χ1v) is 7.65. The number of nitrogens with zero attached hydrogens (tertiary/aromatic N) is 1. The predicted molar refractivity (Wildman–Crippen MR) is 80.8 cm³/mol. The minimum absolute atomic E-state index is 0.163. The molecule has 1 aromatic carbocycles. The summed E-state index contributed by atoms with van der Waals surface area (Å²) in [6, 6.07) is 7.20. The quantitative estimate of drug-likeness (QED) is 0.928. The third-order valence-electron chi connectivity index (χ3n) is 3.59. The lowest BCUT2D eigenvalue weighted by Gasteiger charge is -2.19. The van der Waals surface area contributed by atoms with Gasteiger partial charge < -0.3 is 9.88 Å². The van der Waals surface area contributed by atoms with Crippen molar-refractivity contribution in [2.24, 2.45) is 0 Å². The van der Waals surface area contributed by atoms with Crippen LogP contribution in [-0.2, 0) is 0 Å². The molecule has 0 fully saturated rings. The molecular formula is C15H13FN2O2S. The molecule has 3 rings (SSSR count). The van der Waals surface area contributed by atoms with Crippen LogP contribution >= 0.6 is 11.8 Å². The number of thioether (sulfide) groups is 1. The van der Waals surface area contributed by atoms with E-state index in [1.165, 1.54) is 30.0 Å². The van der Waals surface area contributed by atoms with Crippen LogP contribution in [0.2, 0.25) is 0 Å². The van der Waals surface area contributed by atoms with Crippen molar-refractivity contribution in [1.29, 1.82) is 0 Å². The Hall–Kier alpha value is -2.08. The molecule has 1 N–H and O–H groups in total. The number of benzene rings is 1. The zero-order valence-electron chi connectivity index (χ0n) is 11.5. The standard InChI is InChI=1S/C15H13FN2O2S/c1-18-14(20)10-7-11(19)17-13(12(10)15(18)21-2)8-3-5-9(16)6-4-8/h3-7,15H,1-2H3,(H,17,19)/t15-/m1/s1. The number of hydrogen-bond acceptors (Lipinski definition) is 3. The van der Waals surface area contributed by atoms with Crippen LogP contribution in [0.5, 0.6) is 0 Å². The first-order valence-electron chi connectivity index (χ1n) is 6.36. The molecule has 0 saturated carbocycles. The summed E-state index contributed by atoms with van der Waals surface area (Å²) in [7, 11) is 1.71. The van der Waals surface area contributed by atoms with Crippen molar-refractivity contribution in [2.45, 2.75) is 5.37 Å². The number of pyridine rings is 1. The Kier molecular flexibility index (Phi) is 3.33. The summed E-state index contributed by atoms with van der Waals surface area (Å²) in [6.45, 7) is 0. The van der Waals surface area contributed by atoms with Crippen LogP contribution in [0.1, 0.15) is 21.3 Å². The van der Waals surface area contributed by atoms with Crippen LogP contribution in [0.4, 0.5) is 4.39 Å². The van der Waals surface area contributed by atoms with Crippen LogP contribution in [0, 0.1) is 5.82 Å². The van der Waals surface area contributed by atoms with Gasteiger partial charge in [-0.1, -0.05) is 0 Å². The lowest BCUT2D eigenvalue weighted by atomic mass is 10.0. The van der Waals surface area contributed by atoms with Gasteiger partial charge in [0.1, 0.15) is 11.2 Å². The number of hydrogen-bond donors (Lipinski definition) is 1. The molecule has 2 aromatic rings. The SMILES string of the molecule is CS[C@@H]1c2c(cc(=O)[nH]c2-c2ccc(F)cc2)C(=O)N1C. The van der Waals surface area contributed by atoms with E-state index in [1.807, 2.05) is 6.26 Å². The molecule has 0 saturated heterocycles. The normalized spacial score (nSPS) is 17.2. The molecule has 1 atom stereocenters. The summed E-state index contributed by atoms with van der Waals surface area (Å²) < 4.78 is 13.1. The molecule has 4 nitrogen and oxygen atoms in total. The van der Waals surface area contributed by atoms with E-state index in [1.54, 1.807) is 24.1 Å². The van der Waals surface area contributed by atoms with Gasteiger partial charge in [-0.3, -0.25) is 9.59 Å². The Bertz CT molecular complexity index is 770. The van der Waals surface area contributed by atoms with E-state index in [-0.39, 0.29) is 22.7 Å². The molecule has 1 amide bonds. The van der Waals surface area contributed by atoms with E-state index >= 15 is 0 Å². The molecule has 1 aliphatic rings. The van der Waals surface area contributed by atoms with Crippen LogP contribution in [0.25, 0.3) is 11.3 Å². The van der Waals surface area contributed by atoms with Gasteiger partial charge in [-0.05, 0) is 36.1 Å². The summed E-state index contributed by atoms with van der Waals surface area (Å²) in [4.78, 5) is 28.5. The van der Waals surface area contributed by atoms with Crippen LogP contribution in [0.15, 0.2) is 35.1 Å². The Labute approximate surface area is 125 Å². The molecular weight excluding hydrogens is 291 g/mol. The molecule has 0 radical (unpaired) electrons. The number of carbonyl (C=O) groups is 1. The largest absolute Gasteiger partial charge is 0.325 e.